The molecule has 17 heavy (non-hydrogen) atoms. The first-order valence-corrected chi connectivity index (χ1v) is 7.11. The maximum atomic E-state index is 13.8. The quantitative estimate of drug-likeness (QED) is 0.792. The highest BCUT2D eigenvalue weighted by atomic mass is 79.9. The number of halogens is 2. The van der Waals surface area contributed by atoms with E-state index in [1.165, 1.54) is 18.9 Å². The first-order chi connectivity index (χ1) is 8.18. The SMILES string of the molecule is O[C@H](c1ccc(Br)cc1F)C1CCCCCC1. The van der Waals surface area contributed by atoms with Crippen molar-refractivity contribution in [2.24, 2.45) is 5.92 Å². The van der Waals surface area contributed by atoms with Crippen LogP contribution in [0.4, 0.5) is 4.39 Å². The van der Waals surface area contributed by atoms with Crippen LogP contribution in [0.2, 0.25) is 0 Å². The summed E-state index contributed by atoms with van der Waals surface area (Å²) >= 11 is 3.23. The van der Waals surface area contributed by atoms with Gasteiger partial charge in [-0.15, -0.1) is 0 Å². The first-order valence-electron chi connectivity index (χ1n) is 6.31. The second-order valence-electron chi connectivity index (χ2n) is 4.86. The predicted octanol–water partition coefficient (Wildman–Crippen LogP) is 4.59. The lowest BCUT2D eigenvalue weighted by atomic mass is 9.89. The van der Waals surface area contributed by atoms with Crippen molar-refractivity contribution < 1.29 is 9.50 Å². The molecular formula is C14H18BrFO. The third-order valence-corrected chi connectivity index (χ3v) is 4.12. The van der Waals surface area contributed by atoms with Crippen molar-refractivity contribution in [3.05, 3.63) is 34.1 Å². The molecule has 0 aliphatic heterocycles. The molecule has 0 amide bonds. The van der Waals surface area contributed by atoms with E-state index in [9.17, 15) is 9.50 Å². The van der Waals surface area contributed by atoms with Crippen molar-refractivity contribution in [2.75, 3.05) is 0 Å². The molecule has 0 aromatic heterocycles. The molecule has 1 N–H and O–H groups in total. The average molecular weight is 301 g/mol. The molecule has 0 unspecified atom stereocenters. The van der Waals surface area contributed by atoms with E-state index in [-0.39, 0.29) is 11.7 Å². The number of aliphatic hydroxyl groups is 1. The molecule has 0 saturated heterocycles. The summed E-state index contributed by atoms with van der Waals surface area (Å²) in [6, 6.07) is 4.91. The molecule has 94 valence electrons. The van der Waals surface area contributed by atoms with Gasteiger partial charge in [-0.2, -0.15) is 0 Å². The molecule has 0 bridgehead atoms. The molecule has 0 heterocycles. The highest BCUT2D eigenvalue weighted by Gasteiger charge is 2.24. The number of rotatable bonds is 2. The fourth-order valence-electron chi connectivity index (χ4n) is 2.62. The van der Waals surface area contributed by atoms with Gasteiger partial charge in [-0.1, -0.05) is 47.7 Å². The van der Waals surface area contributed by atoms with E-state index >= 15 is 0 Å². The highest BCUT2D eigenvalue weighted by molar-refractivity contribution is 9.10. The molecule has 1 aliphatic carbocycles. The van der Waals surface area contributed by atoms with Gasteiger partial charge in [-0.05, 0) is 30.9 Å². The maximum Gasteiger partial charge on any atom is 0.130 e. The summed E-state index contributed by atoms with van der Waals surface area (Å²) in [6.45, 7) is 0. The van der Waals surface area contributed by atoms with Gasteiger partial charge in [0.2, 0.25) is 0 Å². The van der Waals surface area contributed by atoms with Crippen molar-refractivity contribution in [1.82, 2.24) is 0 Å². The Morgan fingerprint density at radius 1 is 1.18 bits per heavy atom. The van der Waals surface area contributed by atoms with Crippen LogP contribution in [-0.2, 0) is 0 Å². The molecule has 3 heteroatoms. The van der Waals surface area contributed by atoms with Gasteiger partial charge in [0, 0.05) is 10.0 Å². The minimum absolute atomic E-state index is 0.216. The third-order valence-electron chi connectivity index (χ3n) is 3.63. The third kappa shape index (κ3) is 3.29. The van der Waals surface area contributed by atoms with Gasteiger partial charge in [0.1, 0.15) is 5.82 Å². The van der Waals surface area contributed by atoms with E-state index in [4.69, 9.17) is 0 Å². The van der Waals surface area contributed by atoms with Crippen molar-refractivity contribution in [3.63, 3.8) is 0 Å². The Balaban J connectivity index is 2.14. The van der Waals surface area contributed by atoms with E-state index in [0.717, 1.165) is 25.7 Å². The van der Waals surface area contributed by atoms with Gasteiger partial charge in [0.05, 0.1) is 6.10 Å². The molecule has 1 aliphatic rings. The molecule has 1 atom stereocenters. The van der Waals surface area contributed by atoms with Crippen LogP contribution >= 0.6 is 15.9 Å². The second kappa shape index (κ2) is 5.96. The Hall–Kier alpha value is -0.410. The van der Waals surface area contributed by atoms with Gasteiger partial charge in [-0.3, -0.25) is 0 Å². The van der Waals surface area contributed by atoms with Crippen LogP contribution in [0.3, 0.4) is 0 Å². The Morgan fingerprint density at radius 3 is 2.41 bits per heavy atom. The van der Waals surface area contributed by atoms with Crippen LogP contribution in [0.25, 0.3) is 0 Å². The van der Waals surface area contributed by atoms with E-state index in [1.54, 1.807) is 12.1 Å². The maximum absolute atomic E-state index is 13.8. The Bertz CT molecular complexity index is 372. The van der Waals surface area contributed by atoms with Gasteiger partial charge in [0.25, 0.3) is 0 Å². The zero-order valence-corrected chi connectivity index (χ0v) is 11.4. The smallest absolute Gasteiger partial charge is 0.130 e. The normalized spacial score (nSPS) is 19.9. The standard InChI is InChI=1S/C14H18BrFO/c15-11-7-8-12(13(16)9-11)14(17)10-5-3-1-2-4-6-10/h7-10,14,17H,1-6H2/t14-/m0/s1. The van der Waals surface area contributed by atoms with E-state index in [0.29, 0.717) is 10.0 Å². The minimum Gasteiger partial charge on any atom is -0.388 e. The summed E-state index contributed by atoms with van der Waals surface area (Å²) in [5.41, 5.74) is 0.445. The lowest BCUT2D eigenvalue weighted by molar-refractivity contribution is 0.0952. The van der Waals surface area contributed by atoms with E-state index in [2.05, 4.69) is 15.9 Å². The van der Waals surface area contributed by atoms with Crippen LogP contribution in [0.5, 0.6) is 0 Å². The zero-order valence-electron chi connectivity index (χ0n) is 9.83. The van der Waals surface area contributed by atoms with Crippen LogP contribution in [0.15, 0.2) is 22.7 Å². The highest BCUT2D eigenvalue weighted by Crippen LogP contribution is 2.34. The van der Waals surface area contributed by atoms with Crippen LogP contribution in [0.1, 0.15) is 50.2 Å². The fourth-order valence-corrected chi connectivity index (χ4v) is 2.96. The largest absolute Gasteiger partial charge is 0.388 e. The van der Waals surface area contributed by atoms with Crippen molar-refractivity contribution in [2.45, 2.75) is 44.6 Å². The molecule has 1 fully saturated rings. The second-order valence-corrected chi connectivity index (χ2v) is 5.78. The number of aliphatic hydroxyl groups excluding tert-OH is 1. The van der Waals surface area contributed by atoms with Crippen LogP contribution < -0.4 is 0 Å². The van der Waals surface area contributed by atoms with Gasteiger partial charge in [0.15, 0.2) is 0 Å². The first kappa shape index (κ1) is 13.0. The molecule has 1 saturated carbocycles. The van der Waals surface area contributed by atoms with E-state index < -0.39 is 6.10 Å². The van der Waals surface area contributed by atoms with Gasteiger partial charge >= 0.3 is 0 Å². The lowest BCUT2D eigenvalue weighted by Gasteiger charge is -2.22. The summed E-state index contributed by atoms with van der Waals surface area (Å²) in [4.78, 5) is 0. The van der Waals surface area contributed by atoms with Crippen LogP contribution in [0, 0.1) is 11.7 Å². The Kier molecular flexibility index (Phi) is 4.57. The zero-order chi connectivity index (χ0) is 12.3. The molecule has 1 aromatic carbocycles. The predicted molar refractivity (Wildman–Crippen MR) is 70.3 cm³/mol. The summed E-state index contributed by atoms with van der Waals surface area (Å²) in [5, 5.41) is 10.3. The number of hydrogen-bond acceptors (Lipinski definition) is 1. The fraction of sp³-hybridized carbons (Fsp3) is 0.571. The lowest BCUT2D eigenvalue weighted by Crippen LogP contribution is -2.13. The van der Waals surface area contributed by atoms with Crippen molar-refractivity contribution in [1.29, 1.82) is 0 Å². The molecule has 2 rings (SSSR count). The van der Waals surface area contributed by atoms with Gasteiger partial charge < -0.3 is 5.11 Å². The van der Waals surface area contributed by atoms with Crippen molar-refractivity contribution >= 4 is 15.9 Å². The van der Waals surface area contributed by atoms with Crippen LogP contribution in [-0.4, -0.2) is 5.11 Å². The molecule has 1 aromatic rings. The summed E-state index contributed by atoms with van der Waals surface area (Å²) in [5.74, 6) is -0.0932. The monoisotopic (exact) mass is 300 g/mol. The summed E-state index contributed by atoms with van der Waals surface area (Å²) in [7, 11) is 0. The molecular weight excluding hydrogens is 283 g/mol. The number of hydrogen-bond donors (Lipinski definition) is 1. The topological polar surface area (TPSA) is 20.2 Å². The summed E-state index contributed by atoms with van der Waals surface area (Å²) in [6.07, 6.45) is 6.16. The molecule has 0 radical (unpaired) electrons. The minimum atomic E-state index is -0.652. The average Bonchev–Trinajstić information content (AvgIpc) is 2.56. The van der Waals surface area contributed by atoms with Gasteiger partial charge in [-0.25, -0.2) is 4.39 Å². The summed E-state index contributed by atoms with van der Waals surface area (Å²) < 4.78 is 14.5. The Labute approximate surface area is 110 Å². The van der Waals surface area contributed by atoms with Crippen molar-refractivity contribution in [3.8, 4) is 0 Å². The Morgan fingerprint density at radius 2 is 1.82 bits per heavy atom. The van der Waals surface area contributed by atoms with E-state index in [1.807, 2.05) is 0 Å². The molecule has 0 spiro atoms. The molecule has 1 nitrogen and oxygen atoms in total. The number of benzene rings is 1.